The molecule has 0 amide bonds. The summed E-state index contributed by atoms with van der Waals surface area (Å²) in [5, 5.41) is 9.68. The minimum atomic E-state index is -1.02. The first-order valence-electron chi connectivity index (χ1n) is 13.3. The molecule has 1 aromatic rings. The van der Waals surface area contributed by atoms with E-state index in [9.17, 15) is 13.9 Å². The van der Waals surface area contributed by atoms with Crippen molar-refractivity contribution in [1.29, 1.82) is 0 Å². The lowest BCUT2D eigenvalue weighted by atomic mass is 9.69. The normalized spacial score (nSPS) is 31.6. The number of aliphatic hydroxyl groups is 1. The Labute approximate surface area is 193 Å². The molecule has 1 aliphatic heterocycles. The first-order chi connectivity index (χ1) is 15.4. The fourth-order valence-corrected chi connectivity index (χ4v) is 6.56. The Bertz CT molecular complexity index is 746. The van der Waals surface area contributed by atoms with Crippen LogP contribution in [0.4, 0.5) is 8.78 Å². The molecule has 4 heteroatoms. The number of hydrogen-bond donors (Lipinski definition) is 1. The molecule has 1 N–H and O–H groups in total. The predicted octanol–water partition coefficient (Wildman–Crippen LogP) is 7.90. The van der Waals surface area contributed by atoms with E-state index in [0.717, 1.165) is 42.9 Å². The third-order valence-electron chi connectivity index (χ3n) is 8.74. The summed E-state index contributed by atoms with van der Waals surface area (Å²) < 4.78 is 34.6. The van der Waals surface area contributed by atoms with Gasteiger partial charge in [0.15, 0.2) is 11.6 Å². The van der Waals surface area contributed by atoms with Gasteiger partial charge in [0.05, 0.1) is 12.2 Å². The van der Waals surface area contributed by atoms with Gasteiger partial charge in [0.1, 0.15) is 0 Å². The lowest BCUT2D eigenvalue weighted by Crippen LogP contribution is -2.25. The van der Waals surface area contributed by atoms with E-state index in [1.807, 2.05) is 0 Å². The minimum absolute atomic E-state index is 0.0241. The van der Waals surface area contributed by atoms with Crippen LogP contribution in [0.2, 0.25) is 0 Å². The van der Waals surface area contributed by atoms with E-state index in [1.165, 1.54) is 71.1 Å². The van der Waals surface area contributed by atoms with Crippen LogP contribution in [0.3, 0.4) is 0 Å². The Morgan fingerprint density at radius 3 is 2.19 bits per heavy atom. The highest BCUT2D eigenvalue weighted by atomic mass is 19.2. The monoisotopic (exact) mass is 448 g/mol. The molecule has 0 bridgehead atoms. The molecule has 2 aliphatic carbocycles. The molecule has 2 saturated carbocycles. The molecule has 0 aromatic heterocycles. The van der Waals surface area contributed by atoms with E-state index in [1.54, 1.807) is 6.07 Å². The van der Waals surface area contributed by atoms with Gasteiger partial charge in [-0.25, -0.2) is 4.39 Å². The largest absolute Gasteiger partial charge is 0.487 e. The average molecular weight is 449 g/mol. The summed E-state index contributed by atoms with van der Waals surface area (Å²) in [4.78, 5) is 0. The van der Waals surface area contributed by atoms with Crippen molar-refractivity contribution in [2.45, 2.75) is 116 Å². The highest BCUT2D eigenvalue weighted by molar-refractivity contribution is 5.42. The first kappa shape index (κ1) is 24.0. The Hall–Kier alpha value is -1.16. The summed E-state index contributed by atoms with van der Waals surface area (Å²) in [6.07, 6.45) is 16.5. The molecule has 0 saturated heterocycles. The van der Waals surface area contributed by atoms with Crippen molar-refractivity contribution in [1.82, 2.24) is 0 Å². The van der Waals surface area contributed by atoms with Crippen LogP contribution >= 0.6 is 0 Å². The Balaban J connectivity index is 1.16. The van der Waals surface area contributed by atoms with Gasteiger partial charge >= 0.3 is 0 Å². The summed E-state index contributed by atoms with van der Waals surface area (Å²) in [5.74, 6) is 1.97. The van der Waals surface area contributed by atoms with Crippen LogP contribution in [0.5, 0.6) is 5.75 Å². The van der Waals surface area contributed by atoms with Gasteiger partial charge in [0.25, 0.3) is 0 Å². The number of fused-ring (bicyclic) bond motifs is 1. The lowest BCUT2D eigenvalue weighted by molar-refractivity contribution is 0.139. The van der Waals surface area contributed by atoms with Crippen molar-refractivity contribution < 1.29 is 18.6 Å². The van der Waals surface area contributed by atoms with Crippen molar-refractivity contribution in [2.24, 2.45) is 23.7 Å². The van der Waals surface area contributed by atoms with Gasteiger partial charge in [-0.1, -0.05) is 45.4 Å². The number of aliphatic hydroxyl groups excluding tert-OH is 1. The number of benzene rings is 1. The maximum absolute atomic E-state index is 14.5. The summed E-state index contributed by atoms with van der Waals surface area (Å²) >= 11 is 0. The summed E-state index contributed by atoms with van der Waals surface area (Å²) in [5.41, 5.74) is 0.705. The predicted molar refractivity (Wildman–Crippen MR) is 125 cm³/mol. The Morgan fingerprint density at radius 2 is 1.53 bits per heavy atom. The van der Waals surface area contributed by atoms with Crippen molar-refractivity contribution >= 4 is 0 Å². The van der Waals surface area contributed by atoms with Gasteiger partial charge in [-0.3, -0.25) is 0 Å². The van der Waals surface area contributed by atoms with E-state index in [0.29, 0.717) is 12.0 Å². The van der Waals surface area contributed by atoms with E-state index < -0.39 is 17.7 Å². The SMILES string of the molecule is CC1CCC(C2CCC(CCCCC3CCc4cc(C(C)O)c(F)c(F)c4O3)CC2)CC1. The molecule has 0 spiro atoms. The van der Waals surface area contributed by atoms with Crippen LogP contribution in [0.1, 0.15) is 115 Å². The minimum Gasteiger partial charge on any atom is -0.487 e. The number of ether oxygens (including phenoxy) is 1. The maximum Gasteiger partial charge on any atom is 0.201 e. The number of hydrogen-bond acceptors (Lipinski definition) is 2. The van der Waals surface area contributed by atoms with E-state index in [2.05, 4.69) is 6.92 Å². The number of rotatable bonds is 7. The van der Waals surface area contributed by atoms with Gasteiger partial charge < -0.3 is 9.84 Å². The fourth-order valence-electron chi connectivity index (χ4n) is 6.56. The van der Waals surface area contributed by atoms with Crippen LogP contribution in [-0.4, -0.2) is 11.2 Å². The van der Waals surface area contributed by atoms with Gasteiger partial charge in [0.2, 0.25) is 5.82 Å². The summed E-state index contributed by atoms with van der Waals surface area (Å²) in [6, 6.07) is 1.57. The van der Waals surface area contributed by atoms with Crippen molar-refractivity contribution in [3.05, 3.63) is 28.8 Å². The third-order valence-corrected chi connectivity index (χ3v) is 8.74. The van der Waals surface area contributed by atoms with E-state index >= 15 is 0 Å². The molecule has 4 rings (SSSR count). The van der Waals surface area contributed by atoms with Crippen molar-refractivity contribution in [3.63, 3.8) is 0 Å². The second-order valence-corrected chi connectivity index (χ2v) is 11.1. The summed E-state index contributed by atoms with van der Waals surface area (Å²) in [7, 11) is 0. The molecule has 1 heterocycles. The fraction of sp³-hybridized carbons (Fsp3) is 0.786. The molecule has 180 valence electrons. The molecule has 3 aliphatic rings. The molecule has 2 atom stereocenters. The number of halogens is 2. The smallest absolute Gasteiger partial charge is 0.201 e. The summed E-state index contributed by atoms with van der Waals surface area (Å²) in [6.45, 7) is 3.87. The van der Waals surface area contributed by atoms with Gasteiger partial charge in [-0.05, 0) is 93.6 Å². The van der Waals surface area contributed by atoms with Crippen LogP contribution in [-0.2, 0) is 6.42 Å². The molecule has 32 heavy (non-hydrogen) atoms. The number of unbranched alkanes of at least 4 members (excludes halogenated alkanes) is 1. The first-order valence-corrected chi connectivity index (χ1v) is 13.3. The lowest BCUT2D eigenvalue weighted by Gasteiger charge is -2.37. The Morgan fingerprint density at radius 1 is 0.906 bits per heavy atom. The number of aryl methyl sites for hydroxylation is 1. The molecule has 0 radical (unpaired) electrons. The molecule has 2 fully saturated rings. The zero-order valence-electron chi connectivity index (χ0n) is 20.1. The van der Waals surface area contributed by atoms with Crippen LogP contribution < -0.4 is 4.74 Å². The van der Waals surface area contributed by atoms with Gasteiger partial charge in [-0.15, -0.1) is 0 Å². The van der Waals surface area contributed by atoms with Gasteiger partial charge in [-0.2, -0.15) is 4.39 Å². The maximum atomic E-state index is 14.5. The Kier molecular flexibility index (Phi) is 8.13. The standard InChI is InChI=1S/C28H42F2O2/c1-18-7-11-21(12-8-18)22-13-9-20(10-14-22)5-3-4-6-24-16-15-23-17-25(19(2)31)26(29)27(30)28(23)32-24/h17-22,24,31H,3-16H2,1-2H3. The van der Waals surface area contributed by atoms with Crippen LogP contribution in [0.25, 0.3) is 0 Å². The molecular weight excluding hydrogens is 406 g/mol. The molecule has 2 unspecified atom stereocenters. The van der Waals surface area contributed by atoms with Crippen LogP contribution in [0, 0.1) is 35.3 Å². The van der Waals surface area contributed by atoms with Crippen molar-refractivity contribution in [3.8, 4) is 5.75 Å². The van der Waals surface area contributed by atoms with Gasteiger partial charge in [0, 0.05) is 5.56 Å². The highest BCUT2D eigenvalue weighted by Crippen LogP contribution is 2.42. The molecule has 1 aromatic carbocycles. The molecular formula is C28H42F2O2. The average Bonchev–Trinajstić information content (AvgIpc) is 2.80. The third kappa shape index (κ3) is 5.66. The zero-order chi connectivity index (χ0) is 22.7. The van der Waals surface area contributed by atoms with Crippen molar-refractivity contribution in [2.75, 3.05) is 0 Å². The quantitative estimate of drug-likeness (QED) is 0.430. The highest BCUT2D eigenvalue weighted by Gasteiger charge is 2.30. The van der Waals surface area contributed by atoms with Crippen LogP contribution in [0.15, 0.2) is 6.07 Å². The second kappa shape index (κ2) is 10.8. The van der Waals surface area contributed by atoms with E-state index in [-0.39, 0.29) is 17.4 Å². The van der Waals surface area contributed by atoms with E-state index in [4.69, 9.17) is 4.74 Å². The topological polar surface area (TPSA) is 29.5 Å². The zero-order valence-corrected chi connectivity index (χ0v) is 20.1. The second-order valence-electron chi connectivity index (χ2n) is 11.1. The molecule has 2 nitrogen and oxygen atoms in total.